The number of hydrogen-bond acceptors (Lipinski definition) is 3. The summed E-state index contributed by atoms with van der Waals surface area (Å²) in [6.07, 6.45) is -3.09. The highest BCUT2D eigenvalue weighted by Crippen LogP contribution is 2.40. The van der Waals surface area contributed by atoms with Gasteiger partial charge in [-0.05, 0) is 32.0 Å². The van der Waals surface area contributed by atoms with Crippen molar-refractivity contribution in [1.29, 1.82) is 0 Å². The number of imide groups is 1. The molecule has 4 nitrogen and oxygen atoms in total. The third-order valence-electron chi connectivity index (χ3n) is 4.66. The molecular formula is C21H19F3N2O2. The van der Waals surface area contributed by atoms with E-state index in [2.05, 4.69) is 0 Å². The topological polar surface area (TPSA) is 40.6 Å². The first kappa shape index (κ1) is 19.7. The highest BCUT2D eigenvalue weighted by Gasteiger charge is 2.41. The zero-order valence-corrected chi connectivity index (χ0v) is 15.5. The summed E-state index contributed by atoms with van der Waals surface area (Å²) in [4.78, 5) is 28.6. The average Bonchev–Trinajstić information content (AvgIpc) is 2.68. The van der Waals surface area contributed by atoms with Gasteiger partial charge in [0.1, 0.15) is 0 Å². The average molecular weight is 388 g/mol. The van der Waals surface area contributed by atoms with Gasteiger partial charge in [0.25, 0.3) is 11.8 Å². The second-order valence-corrected chi connectivity index (χ2v) is 6.27. The fraction of sp³-hybridized carbons (Fsp3) is 0.238. The summed E-state index contributed by atoms with van der Waals surface area (Å²) in [5, 5.41) is 0. The van der Waals surface area contributed by atoms with Gasteiger partial charge in [0.15, 0.2) is 0 Å². The smallest absolute Gasteiger partial charge is 0.377 e. The lowest BCUT2D eigenvalue weighted by Gasteiger charge is -2.31. The summed E-state index contributed by atoms with van der Waals surface area (Å²) in [6, 6.07) is 11.1. The monoisotopic (exact) mass is 388 g/mol. The van der Waals surface area contributed by atoms with E-state index in [1.165, 1.54) is 18.2 Å². The van der Waals surface area contributed by atoms with Crippen LogP contribution in [0.25, 0.3) is 5.57 Å². The normalized spacial score (nSPS) is 15.8. The zero-order valence-electron chi connectivity index (χ0n) is 15.5. The van der Waals surface area contributed by atoms with Gasteiger partial charge in [0.2, 0.25) is 0 Å². The van der Waals surface area contributed by atoms with Crippen LogP contribution in [0, 0.1) is 0 Å². The Hall–Kier alpha value is -3.09. The second-order valence-electron chi connectivity index (χ2n) is 6.27. The third kappa shape index (κ3) is 3.40. The number of halogens is 3. The predicted molar refractivity (Wildman–Crippen MR) is 101 cm³/mol. The van der Waals surface area contributed by atoms with Crippen molar-refractivity contribution in [1.82, 2.24) is 4.90 Å². The molecule has 0 atom stereocenters. The lowest BCUT2D eigenvalue weighted by molar-refractivity contribution is -0.137. The van der Waals surface area contributed by atoms with Crippen molar-refractivity contribution in [2.45, 2.75) is 20.0 Å². The van der Waals surface area contributed by atoms with Crippen LogP contribution in [0.5, 0.6) is 0 Å². The number of fused-ring (bicyclic) bond motifs is 1. The SMILES string of the molecule is CCN(/C=C1\C(=O)N(c2ccccc2C(F)(F)F)C(=O)c2ccccc21)CC. The maximum absolute atomic E-state index is 13.5. The number of carbonyl (C=O) groups is 2. The van der Waals surface area contributed by atoms with Crippen LogP contribution < -0.4 is 4.90 Å². The Morgan fingerprint density at radius 3 is 2.07 bits per heavy atom. The molecule has 0 spiro atoms. The molecule has 0 radical (unpaired) electrons. The van der Waals surface area contributed by atoms with Crippen molar-refractivity contribution in [3.63, 3.8) is 0 Å². The number of nitrogens with zero attached hydrogens (tertiary/aromatic N) is 2. The first-order valence-corrected chi connectivity index (χ1v) is 8.89. The molecule has 0 aliphatic carbocycles. The van der Waals surface area contributed by atoms with E-state index < -0.39 is 29.2 Å². The zero-order chi connectivity index (χ0) is 20.5. The number of amides is 2. The van der Waals surface area contributed by atoms with Crippen LogP contribution in [0.4, 0.5) is 18.9 Å². The van der Waals surface area contributed by atoms with Crippen molar-refractivity contribution >= 4 is 23.1 Å². The van der Waals surface area contributed by atoms with Crippen molar-refractivity contribution in [3.8, 4) is 0 Å². The molecule has 2 aromatic rings. The molecule has 1 aliphatic heterocycles. The maximum Gasteiger partial charge on any atom is 0.418 e. The van der Waals surface area contributed by atoms with Crippen LogP contribution in [-0.2, 0) is 11.0 Å². The Balaban J connectivity index is 2.23. The number of para-hydroxylation sites is 1. The molecule has 0 fully saturated rings. The van der Waals surface area contributed by atoms with E-state index in [-0.39, 0.29) is 11.1 Å². The van der Waals surface area contributed by atoms with E-state index in [1.807, 2.05) is 18.7 Å². The Labute approximate surface area is 160 Å². The van der Waals surface area contributed by atoms with E-state index in [4.69, 9.17) is 0 Å². The summed E-state index contributed by atoms with van der Waals surface area (Å²) in [6.45, 7) is 5.04. The maximum atomic E-state index is 13.5. The lowest BCUT2D eigenvalue weighted by atomic mass is 9.93. The van der Waals surface area contributed by atoms with Gasteiger partial charge in [0.05, 0.1) is 16.8 Å². The van der Waals surface area contributed by atoms with Gasteiger partial charge in [0, 0.05) is 30.4 Å². The molecule has 1 aliphatic rings. The lowest BCUT2D eigenvalue weighted by Crippen LogP contribution is -2.43. The molecule has 0 N–H and O–H groups in total. The minimum atomic E-state index is -4.70. The van der Waals surface area contributed by atoms with E-state index >= 15 is 0 Å². The van der Waals surface area contributed by atoms with Crippen molar-refractivity contribution in [3.05, 3.63) is 71.4 Å². The van der Waals surface area contributed by atoms with Gasteiger partial charge in [-0.1, -0.05) is 30.3 Å². The quantitative estimate of drug-likeness (QED) is 0.569. The van der Waals surface area contributed by atoms with E-state index in [9.17, 15) is 22.8 Å². The van der Waals surface area contributed by atoms with Crippen LogP contribution >= 0.6 is 0 Å². The summed E-state index contributed by atoms with van der Waals surface area (Å²) in [5.41, 5.74) is -0.693. The molecule has 0 saturated heterocycles. The summed E-state index contributed by atoms with van der Waals surface area (Å²) in [7, 11) is 0. The molecule has 0 saturated carbocycles. The van der Waals surface area contributed by atoms with Crippen LogP contribution in [-0.4, -0.2) is 29.8 Å². The first-order valence-electron chi connectivity index (χ1n) is 8.89. The number of alkyl halides is 3. The Kier molecular flexibility index (Phi) is 5.27. The van der Waals surface area contributed by atoms with Gasteiger partial charge in [-0.15, -0.1) is 0 Å². The van der Waals surface area contributed by atoms with E-state index in [1.54, 1.807) is 24.4 Å². The second kappa shape index (κ2) is 7.50. The summed E-state index contributed by atoms with van der Waals surface area (Å²) in [5.74, 6) is -1.54. The minimum absolute atomic E-state index is 0.191. The van der Waals surface area contributed by atoms with Crippen molar-refractivity contribution < 1.29 is 22.8 Å². The fourth-order valence-corrected chi connectivity index (χ4v) is 3.19. The van der Waals surface area contributed by atoms with Crippen LogP contribution in [0.3, 0.4) is 0 Å². The molecule has 0 bridgehead atoms. The molecule has 0 aromatic heterocycles. The summed E-state index contributed by atoms with van der Waals surface area (Å²) < 4.78 is 40.5. The fourth-order valence-electron chi connectivity index (χ4n) is 3.19. The first-order chi connectivity index (χ1) is 13.3. The van der Waals surface area contributed by atoms with Crippen molar-refractivity contribution in [2.75, 3.05) is 18.0 Å². The molecular weight excluding hydrogens is 369 g/mol. The van der Waals surface area contributed by atoms with E-state index in [0.717, 1.165) is 12.1 Å². The predicted octanol–water partition coefficient (Wildman–Crippen LogP) is 4.58. The molecule has 7 heteroatoms. The highest BCUT2D eigenvalue weighted by atomic mass is 19.4. The summed E-state index contributed by atoms with van der Waals surface area (Å²) >= 11 is 0. The number of rotatable bonds is 4. The number of carbonyl (C=O) groups excluding carboxylic acids is 2. The number of hydrogen-bond donors (Lipinski definition) is 0. The highest BCUT2D eigenvalue weighted by molar-refractivity contribution is 6.41. The third-order valence-corrected chi connectivity index (χ3v) is 4.66. The Bertz CT molecular complexity index is 947. The minimum Gasteiger partial charge on any atom is -0.377 e. The molecule has 146 valence electrons. The standard InChI is InChI=1S/C21H19F3N2O2/c1-3-25(4-2)13-16-14-9-5-6-10-15(14)19(27)26(20(16)28)18-12-8-7-11-17(18)21(22,23)24/h5-13H,3-4H2,1-2H3/b16-13-. The van der Waals surface area contributed by atoms with Crippen LogP contribution in [0.1, 0.15) is 35.3 Å². The number of anilines is 1. The molecule has 1 heterocycles. The largest absolute Gasteiger partial charge is 0.418 e. The Morgan fingerprint density at radius 2 is 1.46 bits per heavy atom. The van der Waals surface area contributed by atoms with Gasteiger partial charge < -0.3 is 4.90 Å². The molecule has 2 amide bonds. The van der Waals surface area contributed by atoms with Gasteiger partial charge in [-0.3, -0.25) is 9.59 Å². The van der Waals surface area contributed by atoms with Gasteiger partial charge in [-0.25, -0.2) is 4.90 Å². The van der Waals surface area contributed by atoms with E-state index in [0.29, 0.717) is 23.6 Å². The van der Waals surface area contributed by atoms with Crippen LogP contribution in [0.15, 0.2) is 54.7 Å². The molecule has 28 heavy (non-hydrogen) atoms. The van der Waals surface area contributed by atoms with Gasteiger partial charge in [-0.2, -0.15) is 13.2 Å². The Morgan fingerprint density at radius 1 is 0.893 bits per heavy atom. The van der Waals surface area contributed by atoms with Crippen LogP contribution in [0.2, 0.25) is 0 Å². The van der Waals surface area contributed by atoms with Crippen molar-refractivity contribution in [2.24, 2.45) is 0 Å². The molecule has 0 unspecified atom stereocenters. The van der Waals surface area contributed by atoms with Gasteiger partial charge >= 0.3 is 6.18 Å². The number of benzene rings is 2. The molecule has 3 rings (SSSR count). The molecule has 2 aromatic carbocycles.